The van der Waals surface area contributed by atoms with E-state index in [2.05, 4.69) is 5.32 Å². The third-order valence-electron chi connectivity index (χ3n) is 4.06. The third kappa shape index (κ3) is 4.06. The first-order valence-electron chi connectivity index (χ1n) is 7.61. The molecule has 4 heteroatoms. The summed E-state index contributed by atoms with van der Waals surface area (Å²) in [6, 6.07) is 6.71. The molecule has 0 saturated heterocycles. The first-order valence-corrected chi connectivity index (χ1v) is 7.61. The molecular weight excluding hydrogens is 266 g/mol. The number of carboxylic acid groups (broad SMARTS) is 1. The van der Waals surface area contributed by atoms with Gasteiger partial charge >= 0.3 is 5.97 Å². The molecular formula is C17H23NO3. The highest BCUT2D eigenvalue weighted by Crippen LogP contribution is 2.36. The molecule has 0 heterocycles. The van der Waals surface area contributed by atoms with Crippen LogP contribution < -0.4 is 5.32 Å². The number of carboxylic acids is 1. The van der Waals surface area contributed by atoms with Crippen LogP contribution in [0.25, 0.3) is 0 Å². The Morgan fingerprint density at radius 1 is 1.24 bits per heavy atom. The molecule has 1 aliphatic rings. The van der Waals surface area contributed by atoms with E-state index in [-0.39, 0.29) is 11.8 Å². The molecule has 0 spiro atoms. The van der Waals surface area contributed by atoms with E-state index in [0.717, 1.165) is 0 Å². The topological polar surface area (TPSA) is 66.4 Å². The van der Waals surface area contributed by atoms with Gasteiger partial charge in [0, 0.05) is 5.56 Å². The summed E-state index contributed by atoms with van der Waals surface area (Å²) < 4.78 is 0. The van der Waals surface area contributed by atoms with Gasteiger partial charge in [-0.1, -0.05) is 32.4 Å². The van der Waals surface area contributed by atoms with Crippen molar-refractivity contribution in [2.45, 2.75) is 51.5 Å². The molecule has 1 aromatic carbocycles. The number of hydrogen-bond acceptors (Lipinski definition) is 2. The summed E-state index contributed by atoms with van der Waals surface area (Å²) in [7, 11) is 0. The molecule has 0 aliphatic heterocycles. The fourth-order valence-corrected chi connectivity index (χ4v) is 2.58. The quantitative estimate of drug-likeness (QED) is 0.845. The van der Waals surface area contributed by atoms with Gasteiger partial charge in [-0.3, -0.25) is 4.79 Å². The average molecular weight is 289 g/mol. The normalized spacial score (nSPS) is 16.3. The number of hydrogen-bond donors (Lipinski definition) is 2. The molecule has 114 valence electrons. The fourth-order valence-electron chi connectivity index (χ4n) is 2.58. The molecule has 0 aromatic heterocycles. The molecule has 0 radical (unpaired) electrons. The van der Waals surface area contributed by atoms with Crippen molar-refractivity contribution in [1.29, 1.82) is 0 Å². The van der Waals surface area contributed by atoms with E-state index in [4.69, 9.17) is 5.11 Å². The lowest BCUT2D eigenvalue weighted by atomic mass is 9.80. The van der Waals surface area contributed by atoms with Crippen LogP contribution in [0, 0.1) is 5.92 Å². The number of aliphatic carboxylic acids is 1. The second kappa shape index (κ2) is 6.74. The summed E-state index contributed by atoms with van der Waals surface area (Å²) in [5.74, 6) is -0.450. The smallest absolute Gasteiger partial charge is 0.326 e. The van der Waals surface area contributed by atoms with Gasteiger partial charge in [-0.15, -0.1) is 0 Å². The van der Waals surface area contributed by atoms with E-state index in [1.165, 1.54) is 24.8 Å². The van der Waals surface area contributed by atoms with E-state index in [9.17, 15) is 9.59 Å². The Hall–Kier alpha value is -1.84. The zero-order chi connectivity index (χ0) is 15.4. The summed E-state index contributed by atoms with van der Waals surface area (Å²) >= 11 is 0. The Labute approximate surface area is 125 Å². The first-order chi connectivity index (χ1) is 9.97. The van der Waals surface area contributed by atoms with Crippen LogP contribution in [0.4, 0.5) is 0 Å². The molecule has 2 rings (SSSR count). The standard InChI is InChI=1S/C17H23NO3/c1-11(2)10-15(17(20)21)18-16(19)14-8-6-13(7-9-14)12-4-3-5-12/h6-9,11-12,15H,3-5,10H2,1-2H3,(H,18,19)(H,20,21)/t15-/m0/s1. The molecule has 1 aliphatic carbocycles. The van der Waals surface area contributed by atoms with Crippen molar-refractivity contribution in [3.8, 4) is 0 Å². The molecule has 1 atom stereocenters. The van der Waals surface area contributed by atoms with Crippen molar-refractivity contribution in [3.05, 3.63) is 35.4 Å². The van der Waals surface area contributed by atoms with Crippen LogP contribution in [0.3, 0.4) is 0 Å². The van der Waals surface area contributed by atoms with Gasteiger partial charge in [0.15, 0.2) is 0 Å². The van der Waals surface area contributed by atoms with Gasteiger partial charge in [-0.25, -0.2) is 4.79 Å². The number of carbonyl (C=O) groups excluding carboxylic acids is 1. The monoisotopic (exact) mass is 289 g/mol. The van der Waals surface area contributed by atoms with Crippen molar-refractivity contribution >= 4 is 11.9 Å². The molecule has 2 N–H and O–H groups in total. The van der Waals surface area contributed by atoms with E-state index in [1.54, 1.807) is 12.1 Å². The van der Waals surface area contributed by atoms with Crippen LogP contribution >= 0.6 is 0 Å². The van der Waals surface area contributed by atoms with Crippen molar-refractivity contribution in [3.63, 3.8) is 0 Å². The number of benzene rings is 1. The SMILES string of the molecule is CC(C)C[C@H](NC(=O)c1ccc(C2CCC2)cc1)C(=O)O. The van der Waals surface area contributed by atoms with Crippen molar-refractivity contribution < 1.29 is 14.7 Å². The van der Waals surface area contributed by atoms with E-state index in [1.807, 2.05) is 26.0 Å². The van der Waals surface area contributed by atoms with Crippen LogP contribution in [-0.4, -0.2) is 23.0 Å². The maximum atomic E-state index is 12.1. The minimum atomic E-state index is -0.983. The maximum Gasteiger partial charge on any atom is 0.326 e. The van der Waals surface area contributed by atoms with Gasteiger partial charge in [-0.05, 0) is 48.8 Å². The Kier molecular flexibility index (Phi) is 4.99. The van der Waals surface area contributed by atoms with E-state index >= 15 is 0 Å². The van der Waals surface area contributed by atoms with Crippen molar-refractivity contribution in [2.75, 3.05) is 0 Å². The fraction of sp³-hybridized carbons (Fsp3) is 0.529. The van der Waals surface area contributed by atoms with Gasteiger partial charge in [-0.2, -0.15) is 0 Å². The van der Waals surface area contributed by atoms with Gasteiger partial charge in [0.1, 0.15) is 6.04 Å². The number of rotatable bonds is 6. The second-order valence-corrected chi connectivity index (χ2v) is 6.24. The zero-order valence-corrected chi connectivity index (χ0v) is 12.6. The lowest BCUT2D eigenvalue weighted by molar-refractivity contribution is -0.139. The summed E-state index contributed by atoms with van der Waals surface area (Å²) in [4.78, 5) is 23.3. The van der Waals surface area contributed by atoms with Crippen LogP contribution in [0.5, 0.6) is 0 Å². The van der Waals surface area contributed by atoms with Gasteiger partial charge in [0.05, 0.1) is 0 Å². The highest BCUT2D eigenvalue weighted by molar-refractivity contribution is 5.96. The molecule has 1 amide bonds. The minimum Gasteiger partial charge on any atom is -0.480 e. The molecule has 21 heavy (non-hydrogen) atoms. The largest absolute Gasteiger partial charge is 0.480 e. The molecule has 0 unspecified atom stereocenters. The summed E-state index contributed by atoms with van der Waals surface area (Å²) in [6.45, 7) is 3.88. The molecule has 1 aromatic rings. The van der Waals surface area contributed by atoms with Gasteiger partial charge in [0.2, 0.25) is 0 Å². The van der Waals surface area contributed by atoms with E-state index in [0.29, 0.717) is 17.9 Å². The lowest BCUT2D eigenvalue weighted by Crippen LogP contribution is -2.41. The zero-order valence-electron chi connectivity index (χ0n) is 12.6. The summed E-state index contributed by atoms with van der Waals surface area (Å²) in [5, 5.41) is 11.8. The van der Waals surface area contributed by atoms with Crippen molar-refractivity contribution in [1.82, 2.24) is 5.32 Å². The minimum absolute atomic E-state index is 0.215. The van der Waals surface area contributed by atoms with Gasteiger partial charge in [0.25, 0.3) is 5.91 Å². The Morgan fingerprint density at radius 2 is 1.86 bits per heavy atom. The molecule has 1 saturated carbocycles. The maximum absolute atomic E-state index is 12.1. The summed E-state index contributed by atoms with van der Waals surface area (Å²) in [5.41, 5.74) is 1.79. The number of nitrogens with one attached hydrogen (secondary N) is 1. The molecule has 0 bridgehead atoms. The van der Waals surface area contributed by atoms with Crippen LogP contribution in [-0.2, 0) is 4.79 Å². The number of carbonyl (C=O) groups is 2. The third-order valence-corrected chi connectivity index (χ3v) is 4.06. The highest BCUT2D eigenvalue weighted by atomic mass is 16.4. The van der Waals surface area contributed by atoms with E-state index < -0.39 is 12.0 Å². The predicted molar refractivity (Wildman–Crippen MR) is 81.4 cm³/mol. The molecule has 1 fully saturated rings. The predicted octanol–water partition coefficient (Wildman–Crippen LogP) is 3.18. The Balaban J connectivity index is 1.99. The molecule has 4 nitrogen and oxygen atoms in total. The first kappa shape index (κ1) is 15.5. The van der Waals surface area contributed by atoms with Crippen molar-refractivity contribution in [2.24, 2.45) is 5.92 Å². The lowest BCUT2D eigenvalue weighted by Gasteiger charge is -2.25. The average Bonchev–Trinajstić information content (AvgIpc) is 2.36. The van der Waals surface area contributed by atoms with Gasteiger partial charge < -0.3 is 10.4 Å². The highest BCUT2D eigenvalue weighted by Gasteiger charge is 2.22. The van der Waals surface area contributed by atoms with Crippen LogP contribution in [0.1, 0.15) is 61.4 Å². The summed E-state index contributed by atoms with van der Waals surface area (Å²) in [6.07, 6.45) is 4.16. The Morgan fingerprint density at radius 3 is 2.29 bits per heavy atom. The number of amides is 1. The van der Waals surface area contributed by atoms with Crippen LogP contribution in [0.15, 0.2) is 24.3 Å². The van der Waals surface area contributed by atoms with Crippen LogP contribution in [0.2, 0.25) is 0 Å². The second-order valence-electron chi connectivity index (χ2n) is 6.24. The Bertz CT molecular complexity index is 503.